The van der Waals surface area contributed by atoms with Crippen molar-refractivity contribution >= 4 is 17.1 Å². The number of rotatable bonds is 2. The number of nitriles is 1. The highest BCUT2D eigenvalue weighted by atomic mass is 15.2. The highest BCUT2D eigenvalue weighted by Gasteiger charge is 2.36. The van der Waals surface area contributed by atoms with Gasteiger partial charge in [0.2, 0.25) is 0 Å². The van der Waals surface area contributed by atoms with Gasteiger partial charge in [0.05, 0.1) is 23.0 Å². The van der Waals surface area contributed by atoms with Crippen LogP contribution in [0.5, 0.6) is 0 Å². The van der Waals surface area contributed by atoms with Crippen LogP contribution in [-0.4, -0.2) is 0 Å². The van der Waals surface area contributed by atoms with E-state index in [4.69, 9.17) is 5.26 Å². The van der Waals surface area contributed by atoms with E-state index >= 15 is 0 Å². The van der Waals surface area contributed by atoms with E-state index in [-0.39, 0.29) is 5.41 Å². The van der Waals surface area contributed by atoms with Crippen molar-refractivity contribution in [2.45, 2.75) is 19.3 Å². The molecule has 0 fully saturated rings. The van der Waals surface area contributed by atoms with Gasteiger partial charge in [0, 0.05) is 11.1 Å². The monoisotopic (exact) mass is 386 g/mol. The van der Waals surface area contributed by atoms with Gasteiger partial charge in [-0.1, -0.05) is 74.5 Å². The molecule has 0 bridgehead atoms. The van der Waals surface area contributed by atoms with Crippen molar-refractivity contribution in [3.63, 3.8) is 0 Å². The van der Waals surface area contributed by atoms with Crippen LogP contribution in [-0.2, 0) is 5.41 Å². The topological polar surface area (TPSA) is 27.0 Å². The number of hydrogen-bond donors (Lipinski definition) is 0. The Morgan fingerprint density at radius 3 is 1.60 bits per heavy atom. The van der Waals surface area contributed by atoms with Gasteiger partial charge in [-0.2, -0.15) is 5.26 Å². The maximum atomic E-state index is 9.02. The zero-order valence-corrected chi connectivity index (χ0v) is 17.1. The van der Waals surface area contributed by atoms with E-state index in [2.05, 4.69) is 97.6 Å². The van der Waals surface area contributed by atoms with Crippen molar-refractivity contribution in [3.8, 4) is 17.2 Å². The summed E-state index contributed by atoms with van der Waals surface area (Å²) in [6, 6.07) is 35.9. The fourth-order valence-electron chi connectivity index (χ4n) is 4.49. The Bertz CT molecular complexity index is 1210. The van der Waals surface area contributed by atoms with E-state index in [0.717, 1.165) is 16.8 Å². The minimum Gasteiger partial charge on any atom is -0.310 e. The standard InChI is InChI=1S/C28H22N2/c1-28(2)24-7-3-5-9-26(24)30(27-10-6-4-8-25(27)28)23-17-15-22(16-18-23)21-13-11-20(19-29)12-14-21/h3-18H,1-2H3. The lowest BCUT2D eigenvalue weighted by atomic mass is 9.73. The molecule has 0 spiro atoms. The summed E-state index contributed by atoms with van der Waals surface area (Å²) < 4.78 is 0. The molecule has 0 unspecified atom stereocenters. The van der Waals surface area contributed by atoms with E-state index in [1.54, 1.807) is 0 Å². The molecule has 1 heterocycles. The molecule has 0 N–H and O–H groups in total. The molecule has 0 atom stereocenters. The minimum atomic E-state index is -0.0495. The van der Waals surface area contributed by atoms with Crippen LogP contribution in [0.4, 0.5) is 17.1 Å². The molecular weight excluding hydrogens is 364 g/mol. The summed E-state index contributed by atoms with van der Waals surface area (Å²) in [6.07, 6.45) is 0. The number of benzene rings is 4. The first-order valence-electron chi connectivity index (χ1n) is 10.2. The first-order valence-corrected chi connectivity index (χ1v) is 10.2. The van der Waals surface area contributed by atoms with Crippen molar-refractivity contribution in [2.75, 3.05) is 4.90 Å². The van der Waals surface area contributed by atoms with Crippen LogP contribution < -0.4 is 4.90 Å². The molecule has 0 aromatic heterocycles. The second-order valence-electron chi connectivity index (χ2n) is 8.23. The number of para-hydroxylation sites is 2. The first kappa shape index (κ1) is 18.2. The average molecular weight is 386 g/mol. The van der Waals surface area contributed by atoms with E-state index in [9.17, 15) is 0 Å². The van der Waals surface area contributed by atoms with Crippen molar-refractivity contribution in [1.82, 2.24) is 0 Å². The van der Waals surface area contributed by atoms with Gasteiger partial charge in [-0.25, -0.2) is 0 Å². The van der Waals surface area contributed by atoms with Crippen molar-refractivity contribution in [1.29, 1.82) is 5.26 Å². The largest absolute Gasteiger partial charge is 0.310 e. The molecular formula is C28H22N2. The van der Waals surface area contributed by atoms with Gasteiger partial charge in [0.15, 0.2) is 0 Å². The maximum Gasteiger partial charge on any atom is 0.0991 e. The summed E-state index contributed by atoms with van der Waals surface area (Å²) >= 11 is 0. The molecule has 5 rings (SSSR count). The quantitative estimate of drug-likeness (QED) is 0.360. The molecule has 2 heteroatoms. The average Bonchev–Trinajstić information content (AvgIpc) is 2.80. The summed E-state index contributed by atoms with van der Waals surface area (Å²) in [7, 11) is 0. The smallest absolute Gasteiger partial charge is 0.0991 e. The van der Waals surface area contributed by atoms with Crippen LogP contribution in [0.15, 0.2) is 97.1 Å². The predicted molar refractivity (Wildman–Crippen MR) is 123 cm³/mol. The van der Waals surface area contributed by atoms with Crippen molar-refractivity contribution < 1.29 is 0 Å². The lowest BCUT2D eigenvalue weighted by Gasteiger charge is -2.42. The zero-order chi connectivity index (χ0) is 20.7. The summed E-state index contributed by atoms with van der Waals surface area (Å²) in [5, 5.41) is 9.02. The third-order valence-corrected chi connectivity index (χ3v) is 6.11. The van der Waals surface area contributed by atoms with Crippen molar-refractivity contribution in [2.24, 2.45) is 0 Å². The Morgan fingerprint density at radius 2 is 1.10 bits per heavy atom. The molecule has 30 heavy (non-hydrogen) atoms. The van der Waals surface area contributed by atoms with Gasteiger partial charge in [0.1, 0.15) is 0 Å². The number of hydrogen-bond acceptors (Lipinski definition) is 2. The summed E-state index contributed by atoms with van der Waals surface area (Å²) in [4.78, 5) is 2.36. The molecule has 1 aliphatic rings. The van der Waals surface area contributed by atoms with E-state index in [1.165, 1.54) is 22.5 Å². The summed E-state index contributed by atoms with van der Waals surface area (Å²) in [6.45, 7) is 4.60. The molecule has 0 aliphatic carbocycles. The highest BCUT2D eigenvalue weighted by Crippen LogP contribution is 2.51. The van der Waals surface area contributed by atoms with Crippen LogP contribution >= 0.6 is 0 Å². The maximum absolute atomic E-state index is 9.02. The van der Waals surface area contributed by atoms with Gasteiger partial charge in [0.25, 0.3) is 0 Å². The highest BCUT2D eigenvalue weighted by molar-refractivity contribution is 5.86. The van der Waals surface area contributed by atoms with Crippen LogP contribution in [0, 0.1) is 11.3 Å². The molecule has 144 valence electrons. The SMILES string of the molecule is CC1(C)c2ccccc2N(c2ccc(-c3ccc(C#N)cc3)cc2)c2ccccc21. The molecule has 0 radical (unpaired) electrons. The van der Waals surface area contributed by atoms with Crippen LogP contribution in [0.1, 0.15) is 30.5 Å². The Labute approximate surface area is 177 Å². The third-order valence-electron chi connectivity index (χ3n) is 6.11. The van der Waals surface area contributed by atoms with Crippen LogP contribution in [0.2, 0.25) is 0 Å². The van der Waals surface area contributed by atoms with Gasteiger partial charge < -0.3 is 4.90 Å². The molecule has 1 aliphatic heterocycles. The first-order chi connectivity index (χ1) is 14.6. The molecule has 2 nitrogen and oxygen atoms in total. The van der Waals surface area contributed by atoms with Crippen LogP contribution in [0.25, 0.3) is 11.1 Å². The molecule has 0 saturated carbocycles. The molecule has 0 saturated heterocycles. The van der Waals surface area contributed by atoms with Gasteiger partial charge in [-0.05, 0) is 58.7 Å². The Balaban J connectivity index is 1.61. The molecule has 0 amide bonds. The fraction of sp³-hybridized carbons (Fsp3) is 0.107. The lowest BCUT2D eigenvalue weighted by Crippen LogP contribution is -2.30. The zero-order valence-electron chi connectivity index (χ0n) is 17.1. The van der Waals surface area contributed by atoms with E-state index in [1.807, 2.05) is 24.3 Å². The number of anilines is 3. The predicted octanol–water partition coefficient (Wildman–Crippen LogP) is 7.33. The van der Waals surface area contributed by atoms with Crippen molar-refractivity contribution in [3.05, 3.63) is 114 Å². The summed E-state index contributed by atoms with van der Waals surface area (Å²) in [5.74, 6) is 0. The van der Waals surface area contributed by atoms with E-state index < -0.39 is 0 Å². The van der Waals surface area contributed by atoms with Crippen LogP contribution in [0.3, 0.4) is 0 Å². The summed E-state index contributed by atoms with van der Waals surface area (Å²) in [5.41, 5.74) is 9.15. The molecule has 4 aromatic carbocycles. The van der Waals surface area contributed by atoms with Gasteiger partial charge in [-0.15, -0.1) is 0 Å². The van der Waals surface area contributed by atoms with Gasteiger partial charge in [-0.3, -0.25) is 0 Å². The fourth-order valence-corrected chi connectivity index (χ4v) is 4.49. The normalized spacial score (nSPS) is 13.8. The Hall–Kier alpha value is -3.83. The second-order valence-corrected chi connectivity index (χ2v) is 8.23. The Kier molecular flexibility index (Phi) is 4.19. The Morgan fingerprint density at radius 1 is 0.633 bits per heavy atom. The lowest BCUT2D eigenvalue weighted by molar-refractivity contribution is 0.632. The van der Waals surface area contributed by atoms with Gasteiger partial charge >= 0.3 is 0 Å². The second kappa shape index (κ2) is 6.90. The number of fused-ring (bicyclic) bond motifs is 2. The minimum absolute atomic E-state index is 0.0495. The molecule has 4 aromatic rings. The number of nitrogens with zero attached hydrogens (tertiary/aromatic N) is 2. The third kappa shape index (κ3) is 2.79. The van der Waals surface area contributed by atoms with E-state index in [0.29, 0.717) is 5.56 Å².